The number of rotatable bonds is 11. The van der Waals surface area contributed by atoms with Gasteiger partial charge in [-0.25, -0.2) is 4.79 Å². The Bertz CT molecular complexity index is 926. The third-order valence-corrected chi connectivity index (χ3v) is 5.90. The summed E-state index contributed by atoms with van der Waals surface area (Å²) in [5, 5.41) is 1.32. The van der Waals surface area contributed by atoms with Gasteiger partial charge in [0.2, 0.25) is 0 Å². The fraction of sp³-hybridized carbons (Fsp3) is 0.423. The van der Waals surface area contributed by atoms with E-state index in [-0.39, 0.29) is 5.97 Å². The van der Waals surface area contributed by atoms with Crippen molar-refractivity contribution in [3.63, 3.8) is 0 Å². The molecule has 0 saturated carbocycles. The molecule has 5 nitrogen and oxygen atoms in total. The summed E-state index contributed by atoms with van der Waals surface area (Å²) < 4.78 is 16.6. The van der Waals surface area contributed by atoms with E-state index in [1.165, 1.54) is 5.57 Å². The molecule has 2 aromatic carbocycles. The first-order valence-electron chi connectivity index (χ1n) is 11.4. The molecule has 33 heavy (non-hydrogen) atoms. The van der Waals surface area contributed by atoms with Crippen molar-refractivity contribution in [2.75, 3.05) is 39.5 Å². The normalized spacial score (nSPS) is 15.1. The topological polar surface area (TPSA) is 48.0 Å². The highest BCUT2D eigenvalue weighted by Gasteiger charge is 2.20. The largest absolute Gasteiger partial charge is 0.492 e. The quantitative estimate of drug-likeness (QED) is 0.378. The monoisotopic (exact) mass is 491 g/mol. The van der Waals surface area contributed by atoms with Gasteiger partial charge in [-0.15, -0.1) is 0 Å². The van der Waals surface area contributed by atoms with Gasteiger partial charge in [0.15, 0.2) is 6.10 Å². The summed E-state index contributed by atoms with van der Waals surface area (Å²) in [6.45, 7) is 7.76. The molecule has 1 heterocycles. The first-order valence-corrected chi connectivity index (χ1v) is 12.1. The number of hydrogen-bond donors (Lipinski definition) is 0. The predicted octanol–water partition coefficient (Wildman–Crippen LogP) is 5.67. The second-order valence-electron chi connectivity index (χ2n) is 7.83. The van der Waals surface area contributed by atoms with Crippen molar-refractivity contribution in [2.24, 2.45) is 0 Å². The molecular weight excluding hydrogens is 461 g/mol. The van der Waals surface area contributed by atoms with E-state index in [0.29, 0.717) is 36.3 Å². The Morgan fingerprint density at radius 3 is 2.39 bits per heavy atom. The van der Waals surface area contributed by atoms with Crippen molar-refractivity contribution in [3.05, 3.63) is 69.7 Å². The number of nitrogens with zero attached hydrogens (tertiary/aromatic N) is 1. The number of carbonyl (C=O) groups is 1. The van der Waals surface area contributed by atoms with Crippen LogP contribution in [0.2, 0.25) is 10.0 Å². The minimum absolute atomic E-state index is 0.322. The third kappa shape index (κ3) is 8.04. The van der Waals surface area contributed by atoms with Crippen molar-refractivity contribution in [1.29, 1.82) is 0 Å². The van der Waals surface area contributed by atoms with Gasteiger partial charge in [-0.2, -0.15) is 0 Å². The highest BCUT2D eigenvalue weighted by Crippen LogP contribution is 2.28. The zero-order valence-electron chi connectivity index (χ0n) is 19.2. The average Bonchev–Trinajstić information content (AvgIpc) is 2.80. The Balaban J connectivity index is 1.44. The number of halogens is 2. The van der Waals surface area contributed by atoms with E-state index in [1.54, 1.807) is 13.0 Å². The van der Waals surface area contributed by atoms with E-state index < -0.39 is 6.10 Å². The first-order chi connectivity index (χ1) is 16.0. The van der Waals surface area contributed by atoms with Crippen LogP contribution in [0, 0.1) is 0 Å². The van der Waals surface area contributed by atoms with Gasteiger partial charge in [-0.05, 0) is 67.3 Å². The minimum atomic E-state index is -0.582. The van der Waals surface area contributed by atoms with E-state index >= 15 is 0 Å². The van der Waals surface area contributed by atoms with Crippen LogP contribution in [0.4, 0.5) is 0 Å². The molecule has 2 aromatic rings. The van der Waals surface area contributed by atoms with E-state index in [9.17, 15) is 4.79 Å². The maximum absolute atomic E-state index is 12.0. The van der Waals surface area contributed by atoms with E-state index in [4.69, 9.17) is 37.4 Å². The molecule has 178 valence electrons. The Morgan fingerprint density at radius 2 is 1.79 bits per heavy atom. The Hall–Kier alpha value is -2.05. The summed E-state index contributed by atoms with van der Waals surface area (Å²) in [6.07, 6.45) is 3.08. The highest BCUT2D eigenvalue weighted by molar-refractivity contribution is 6.34. The summed E-state index contributed by atoms with van der Waals surface area (Å²) >= 11 is 12.3. The van der Waals surface area contributed by atoms with Crippen LogP contribution in [0.1, 0.15) is 31.4 Å². The van der Waals surface area contributed by atoms with E-state index in [2.05, 4.69) is 11.0 Å². The lowest BCUT2D eigenvalue weighted by atomic mass is 9.99. The van der Waals surface area contributed by atoms with Crippen molar-refractivity contribution in [1.82, 2.24) is 4.90 Å². The van der Waals surface area contributed by atoms with Gasteiger partial charge < -0.3 is 14.2 Å². The maximum Gasteiger partial charge on any atom is 0.335 e. The van der Waals surface area contributed by atoms with Gasteiger partial charge in [-0.3, -0.25) is 4.90 Å². The van der Waals surface area contributed by atoms with Crippen molar-refractivity contribution < 1.29 is 19.0 Å². The van der Waals surface area contributed by atoms with E-state index in [1.807, 2.05) is 43.3 Å². The Labute approximate surface area is 206 Å². The highest BCUT2D eigenvalue weighted by atomic mass is 35.5. The van der Waals surface area contributed by atoms with Crippen LogP contribution in [-0.4, -0.2) is 56.4 Å². The van der Waals surface area contributed by atoms with Crippen LogP contribution >= 0.6 is 23.2 Å². The van der Waals surface area contributed by atoms with Crippen LogP contribution in [-0.2, 0) is 20.7 Å². The number of hydrogen-bond acceptors (Lipinski definition) is 5. The summed E-state index contributed by atoms with van der Waals surface area (Å²) in [5.74, 6) is 0.488. The lowest BCUT2D eigenvalue weighted by molar-refractivity contribution is -0.156. The molecule has 1 unspecified atom stereocenters. The van der Waals surface area contributed by atoms with Crippen molar-refractivity contribution >= 4 is 34.7 Å². The molecule has 1 aliphatic heterocycles. The van der Waals surface area contributed by atoms with Crippen LogP contribution < -0.4 is 4.74 Å². The Kier molecular flexibility index (Phi) is 10.1. The van der Waals surface area contributed by atoms with Crippen molar-refractivity contribution in [2.45, 2.75) is 32.8 Å². The van der Waals surface area contributed by atoms with Crippen LogP contribution in [0.15, 0.2) is 48.5 Å². The fourth-order valence-electron chi connectivity index (χ4n) is 3.79. The molecule has 7 heteroatoms. The summed E-state index contributed by atoms with van der Waals surface area (Å²) in [5.41, 5.74) is 3.38. The van der Waals surface area contributed by atoms with Gasteiger partial charge >= 0.3 is 5.97 Å². The predicted molar refractivity (Wildman–Crippen MR) is 133 cm³/mol. The van der Waals surface area contributed by atoms with Gasteiger partial charge in [0.25, 0.3) is 0 Å². The van der Waals surface area contributed by atoms with Gasteiger partial charge in [0.05, 0.1) is 6.61 Å². The smallest absolute Gasteiger partial charge is 0.335 e. The minimum Gasteiger partial charge on any atom is -0.492 e. The summed E-state index contributed by atoms with van der Waals surface area (Å²) in [7, 11) is 0. The Morgan fingerprint density at radius 1 is 1.06 bits per heavy atom. The lowest BCUT2D eigenvalue weighted by Crippen LogP contribution is -2.32. The second-order valence-corrected chi connectivity index (χ2v) is 8.70. The number of esters is 1. The fourth-order valence-corrected chi connectivity index (χ4v) is 4.32. The third-order valence-electron chi connectivity index (χ3n) is 5.46. The SMILES string of the molecule is CCOC(=O)C(Cc1ccc(OCCN2CC=C(c3cc(Cl)cc(Cl)c3)CC2)cc1)OCC. The number of benzene rings is 2. The zero-order chi connectivity index (χ0) is 23.6. The molecule has 0 radical (unpaired) electrons. The second kappa shape index (κ2) is 13.0. The van der Waals surface area contributed by atoms with Crippen LogP contribution in [0.5, 0.6) is 5.75 Å². The van der Waals surface area contributed by atoms with Gasteiger partial charge in [0.1, 0.15) is 12.4 Å². The van der Waals surface area contributed by atoms with Crippen LogP contribution in [0.3, 0.4) is 0 Å². The molecule has 0 bridgehead atoms. The molecule has 0 amide bonds. The molecular formula is C26H31Cl2NO4. The van der Waals surface area contributed by atoms with Crippen molar-refractivity contribution in [3.8, 4) is 5.75 Å². The molecule has 0 aromatic heterocycles. The zero-order valence-corrected chi connectivity index (χ0v) is 20.7. The molecule has 3 rings (SSSR count). The number of ether oxygens (including phenoxy) is 3. The maximum atomic E-state index is 12.0. The van der Waals surface area contributed by atoms with Gasteiger partial charge in [-0.1, -0.05) is 41.4 Å². The van der Waals surface area contributed by atoms with E-state index in [0.717, 1.165) is 42.9 Å². The summed E-state index contributed by atoms with van der Waals surface area (Å²) in [6, 6.07) is 13.5. The standard InChI is InChI=1S/C26H31Cl2NO4/c1-3-31-25(26(30)32-4-2)15-19-5-7-24(8-6-19)33-14-13-29-11-9-20(10-12-29)21-16-22(27)18-23(28)17-21/h5-9,16-18,25H,3-4,10-15H2,1-2H3. The first kappa shape index (κ1) is 25.6. The average molecular weight is 492 g/mol. The molecule has 0 saturated heterocycles. The molecule has 0 fully saturated rings. The van der Waals surface area contributed by atoms with Gasteiger partial charge in [0, 0.05) is 42.7 Å². The molecule has 0 N–H and O–H groups in total. The number of carbonyl (C=O) groups excluding carboxylic acids is 1. The molecule has 1 aliphatic rings. The molecule has 1 atom stereocenters. The van der Waals surface area contributed by atoms with Crippen LogP contribution in [0.25, 0.3) is 5.57 Å². The molecule has 0 spiro atoms. The molecule has 0 aliphatic carbocycles. The summed E-state index contributed by atoms with van der Waals surface area (Å²) in [4.78, 5) is 14.4. The lowest BCUT2D eigenvalue weighted by Gasteiger charge is -2.26.